The average Bonchev–Trinajstić information content (AvgIpc) is 2.31. The lowest BCUT2D eigenvalue weighted by Gasteiger charge is -2.23. The van der Waals surface area contributed by atoms with Gasteiger partial charge in [0.05, 0.1) is 6.61 Å². The number of nitrogens with two attached hydrogens (primary N) is 1. The van der Waals surface area contributed by atoms with Gasteiger partial charge in [-0.3, -0.25) is 0 Å². The van der Waals surface area contributed by atoms with E-state index in [1.54, 1.807) is 0 Å². The lowest BCUT2D eigenvalue weighted by molar-refractivity contribution is -0.222. The maximum absolute atomic E-state index is 9.37. The van der Waals surface area contributed by atoms with Gasteiger partial charge in [-0.15, -0.1) is 0 Å². The van der Waals surface area contributed by atoms with Crippen LogP contribution in [0.1, 0.15) is 0 Å². The van der Waals surface area contributed by atoms with Crippen LogP contribution in [0.25, 0.3) is 0 Å². The van der Waals surface area contributed by atoms with E-state index in [2.05, 4.69) is 0 Å². The van der Waals surface area contributed by atoms with Gasteiger partial charge in [0, 0.05) is 6.54 Å². The molecule has 72 valence electrons. The van der Waals surface area contributed by atoms with Crippen LogP contribution in [0, 0.1) is 0 Å². The third kappa shape index (κ3) is 1.33. The molecule has 0 spiro atoms. The van der Waals surface area contributed by atoms with Gasteiger partial charge in [-0.2, -0.15) is 0 Å². The quantitative estimate of drug-likeness (QED) is 0.304. The number of ether oxygens (including phenoxy) is 1. The maximum Gasteiger partial charge on any atom is 0.207 e. The average molecular weight is 179 g/mol. The van der Waals surface area contributed by atoms with E-state index in [1.165, 1.54) is 0 Å². The molecule has 1 fully saturated rings. The normalized spacial score (nSPS) is 48.2. The molecule has 4 atom stereocenters. The zero-order valence-corrected chi connectivity index (χ0v) is 6.42. The molecule has 0 saturated carbocycles. The molecule has 1 rings (SSSR count). The Hall–Kier alpha value is -0.240. The molecule has 0 aromatic heterocycles. The molecular formula is C6H13NO5. The van der Waals surface area contributed by atoms with Crippen LogP contribution in [-0.2, 0) is 4.74 Å². The van der Waals surface area contributed by atoms with Gasteiger partial charge in [0.1, 0.15) is 18.3 Å². The van der Waals surface area contributed by atoms with Crippen molar-refractivity contribution in [1.82, 2.24) is 0 Å². The van der Waals surface area contributed by atoms with Crippen molar-refractivity contribution in [3.8, 4) is 0 Å². The van der Waals surface area contributed by atoms with Crippen molar-refractivity contribution < 1.29 is 25.2 Å². The number of hydrogen-bond acceptors (Lipinski definition) is 6. The summed E-state index contributed by atoms with van der Waals surface area (Å²) in [5.41, 5.74) is 5.11. The Labute approximate surface area is 69.2 Å². The summed E-state index contributed by atoms with van der Waals surface area (Å²) in [5.74, 6) is -1.94. The van der Waals surface area contributed by atoms with Gasteiger partial charge in [0.2, 0.25) is 5.79 Å². The Morgan fingerprint density at radius 2 is 2.00 bits per heavy atom. The summed E-state index contributed by atoms with van der Waals surface area (Å²) < 4.78 is 4.75. The van der Waals surface area contributed by atoms with Crippen LogP contribution in [0.3, 0.4) is 0 Å². The molecule has 0 amide bonds. The van der Waals surface area contributed by atoms with E-state index in [1.807, 2.05) is 0 Å². The van der Waals surface area contributed by atoms with Crippen molar-refractivity contribution in [2.75, 3.05) is 13.2 Å². The van der Waals surface area contributed by atoms with Gasteiger partial charge in [0.25, 0.3) is 0 Å². The summed E-state index contributed by atoms with van der Waals surface area (Å²) in [5, 5.41) is 36.4. The molecule has 1 aliphatic heterocycles. The predicted octanol–water partition coefficient (Wildman–Crippen LogP) is -3.25. The molecule has 12 heavy (non-hydrogen) atoms. The van der Waals surface area contributed by atoms with E-state index in [0.717, 1.165) is 0 Å². The molecule has 6 heteroatoms. The van der Waals surface area contributed by atoms with E-state index in [4.69, 9.17) is 15.6 Å². The minimum atomic E-state index is -1.94. The first-order valence-corrected chi connectivity index (χ1v) is 3.62. The summed E-state index contributed by atoms with van der Waals surface area (Å²) in [7, 11) is 0. The van der Waals surface area contributed by atoms with Gasteiger partial charge < -0.3 is 30.9 Å². The van der Waals surface area contributed by atoms with Crippen LogP contribution in [0.4, 0.5) is 0 Å². The summed E-state index contributed by atoms with van der Waals surface area (Å²) in [6.45, 7) is -0.803. The fourth-order valence-electron chi connectivity index (χ4n) is 1.19. The minimum Gasteiger partial charge on any atom is -0.394 e. The predicted molar refractivity (Wildman–Crippen MR) is 38.0 cm³/mol. The molecule has 0 unspecified atom stereocenters. The van der Waals surface area contributed by atoms with Crippen LogP contribution in [0.2, 0.25) is 0 Å². The molecule has 0 aromatic carbocycles. The molecule has 6 N–H and O–H groups in total. The first-order valence-electron chi connectivity index (χ1n) is 3.62. The second kappa shape index (κ2) is 3.25. The Kier molecular flexibility index (Phi) is 2.67. The van der Waals surface area contributed by atoms with E-state index in [9.17, 15) is 15.3 Å². The summed E-state index contributed by atoms with van der Waals surface area (Å²) in [6.07, 6.45) is -3.75. The van der Waals surface area contributed by atoms with Crippen LogP contribution < -0.4 is 5.73 Å². The molecule has 1 saturated heterocycles. The van der Waals surface area contributed by atoms with Gasteiger partial charge in [-0.05, 0) is 0 Å². The Balaban J connectivity index is 2.72. The van der Waals surface area contributed by atoms with Crippen LogP contribution in [-0.4, -0.2) is 57.7 Å². The smallest absolute Gasteiger partial charge is 0.207 e. The Morgan fingerprint density at radius 1 is 1.42 bits per heavy atom. The molecule has 1 aliphatic rings. The lowest BCUT2D eigenvalue weighted by Crippen LogP contribution is -2.48. The summed E-state index contributed by atoms with van der Waals surface area (Å²) in [6, 6.07) is 0. The largest absolute Gasteiger partial charge is 0.394 e. The fraction of sp³-hybridized carbons (Fsp3) is 1.00. The maximum atomic E-state index is 9.37. The topological polar surface area (TPSA) is 116 Å². The number of hydrogen-bond donors (Lipinski definition) is 5. The van der Waals surface area contributed by atoms with Crippen LogP contribution in [0.15, 0.2) is 0 Å². The second-order valence-corrected chi connectivity index (χ2v) is 2.82. The molecular weight excluding hydrogens is 166 g/mol. The highest BCUT2D eigenvalue weighted by molar-refractivity contribution is 4.95. The third-order valence-electron chi connectivity index (χ3n) is 1.99. The van der Waals surface area contributed by atoms with Crippen molar-refractivity contribution in [3.63, 3.8) is 0 Å². The number of aliphatic hydroxyl groups is 4. The highest BCUT2D eigenvalue weighted by Crippen LogP contribution is 2.27. The van der Waals surface area contributed by atoms with Crippen LogP contribution >= 0.6 is 0 Å². The second-order valence-electron chi connectivity index (χ2n) is 2.82. The van der Waals surface area contributed by atoms with Gasteiger partial charge >= 0.3 is 0 Å². The molecule has 6 nitrogen and oxygen atoms in total. The van der Waals surface area contributed by atoms with Crippen molar-refractivity contribution in [3.05, 3.63) is 0 Å². The fourth-order valence-corrected chi connectivity index (χ4v) is 1.19. The van der Waals surface area contributed by atoms with Crippen molar-refractivity contribution >= 4 is 0 Å². The first kappa shape index (κ1) is 9.85. The molecule has 0 aromatic rings. The summed E-state index contributed by atoms with van der Waals surface area (Å²) in [4.78, 5) is 0. The number of aliphatic hydroxyl groups excluding tert-OH is 3. The van der Waals surface area contributed by atoms with Crippen LogP contribution in [0.5, 0.6) is 0 Å². The molecule has 0 bridgehead atoms. The van der Waals surface area contributed by atoms with E-state index < -0.39 is 30.7 Å². The number of rotatable bonds is 2. The van der Waals surface area contributed by atoms with Gasteiger partial charge in [0.15, 0.2) is 0 Å². The van der Waals surface area contributed by atoms with E-state index in [-0.39, 0.29) is 6.54 Å². The van der Waals surface area contributed by atoms with Gasteiger partial charge in [-0.25, -0.2) is 0 Å². The zero-order valence-electron chi connectivity index (χ0n) is 6.42. The van der Waals surface area contributed by atoms with Crippen molar-refractivity contribution in [2.24, 2.45) is 5.73 Å². The minimum absolute atomic E-state index is 0.332. The van der Waals surface area contributed by atoms with Gasteiger partial charge in [-0.1, -0.05) is 0 Å². The standard InChI is InChI=1S/C6H13NO5/c7-2-6(11)5(10)4(9)3(1-8)12-6/h3-5,8-11H,1-2,7H2/t3-,4-,5+,6+/m1/s1. The zero-order chi connectivity index (χ0) is 9.35. The lowest BCUT2D eigenvalue weighted by atomic mass is 10.1. The molecule has 0 radical (unpaired) electrons. The van der Waals surface area contributed by atoms with Crippen molar-refractivity contribution in [2.45, 2.75) is 24.1 Å². The highest BCUT2D eigenvalue weighted by atomic mass is 16.7. The summed E-state index contributed by atoms with van der Waals surface area (Å²) >= 11 is 0. The monoisotopic (exact) mass is 179 g/mol. The Bertz CT molecular complexity index is 166. The Morgan fingerprint density at radius 3 is 2.25 bits per heavy atom. The first-order chi connectivity index (χ1) is 5.55. The highest BCUT2D eigenvalue weighted by Gasteiger charge is 2.52. The van der Waals surface area contributed by atoms with Crippen molar-refractivity contribution in [1.29, 1.82) is 0 Å². The van der Waals surface area contributed by atoms with E-state index in [0.29, 0.717) is 0 Å². The molecule has 1 heterocycles. The third-order valence-corrected chi connectivity index (χ3v) is 1.99. The SMILES string of the molecule is NC[C@]1(O)O[C@H](CO)[C@@H](O)[C@@H]1O. The van der Waals surface area contributed by atoms with E-state index >= 15 is 0 Å². The molecule has 0 aliphatic carbocycles.